The van der Waals surface area contributed by atoms with Crippen molar-refractivity contribution in [1.29, 1.82) is 0 Å². The van der Waals surface area contributed by atoms with Crippen molar-refractivity contribution < 1.29 is 5.11 Å². The summed E-state index contributed by atoms with van der Waals surface area (Å²) in [5, 5.41) is 9.90. The van der Waals surface area contributed by atoms with Gasteiger partial charge in [0.15, 0.2) is 0 Å². The number of unbranched alkanes of at least 4 members (excludes halogenated alkanes) is 6. The summed E-state index contributed by atoms with van der Waals surface area (Å²) in [5.74, 6) is 0. The molecule has 0 radical (unpaired) electrons. The molecule has 112 valence electrons. The van der Waals surface area contributed by atoms with Crippen LogP contribution >= 0.6 is 0 Å². The minimum atomic E-state index is -0.0709. The van der Waals surface area contributed by atoms with Crippen molar-refractivity contribution in [3.05, 3.63) is 0 Å². The van der Waals surface area contributed by atoms with E-state index in [0.717, 1.165) is 38.9 Å². The molecule has 0 saturated carbocycles. The minimum absolute atomic E-state index is 0.0709. The molecule has 0 saturated heterocycles. The Morgan fingerprint density at radius 3 is 2.42 bits per heavy atom. The van der Waals surface area contributed by atoms with Crippen LogP contribution in [0.5, 0.6) is 0 Å². The summed E-state index contributed by atoms with van der Waals surface area (Å²) in [5.41, 5.74) is 0. The fraction of sp³-hybridized carbons (Fsp3) is 0.938. The smallest absolute Gasteiger partial charge is 0.0851 e. The summed E-state index contributed by atoms with van der Waals surface area (Å²) in [6.07, 6.45) is 14.1. The van der Waals surface area contributed by atoms with Crippen LogP contribution in [0.3, 0.4) is 0 Å². The zero-order valence-electron chi connectivity index (χ0n) is 12.7. The van der Waals surface area contributed by atoms with Crippen LogP contribution < -0.4 is 0 Å². The minimum Gasteiger partial charge on any atom is -0.393 e. The lowest BCUT2D eigenvalue weighted by Crippen LogP contribution is -2.21. The molecular weight excluding hydrogens is 236 g/mol. The lowest BCUT2D eigenvalue weighted by atomic mass is 10.0. The largest absolute Gasteiger partial charge is 0.393 e. The zero-order chi connectivity index (χ0) is 13.8. The first kappa shape index (κ1) is 16.5. The van der Waals surface area contributed by atoms with Crippen LogP contribution in [-0.4, -0.2) is 42.1 Å². The Bertz CT molecular complexity index is 231. The molecule has 0 aromatic carbocycles. The van der Waals surface area contributed by atoms with E-state index in [1.165, 1.54) is 44.9 Å². The first-order valence-corrected chi connectivity index (χ1v) is 8.25. The fourth-order valence-electron chi connectivity index (χ4n) is 2.59. The van der Waals surface area contributed by atoms with Gasteiger partial charge in [-0.2, -0.15) is 0 Å². The maximum absolute atomic E-state index is 9.90. The number of aliphatic imine (C=N–C) groups is 1. The molecule has 1 N–H and O–H groups in total. The van der Waals surface area contributed by atoms with Crippen molar-refractivity contribution in [2.24, 2.45) is 4.99 Å². The maximum atomic E-state index is 9.90. The highest BCUT2D eigenvalue weighted by Gasteiger charge is 2.06. The Balaban J connectivity index is 1.82. The number of hydrogen-bond donors (Lipinski definition) is 1. The van der Waals surface area contributed by atoms with Gasteiger partial charge in [-0.3, -0.25) is 4.99 Å². The van der Waals surface area contributed by atoms with E-state index in [2.05, 4.69) is 16.8 Å². The SMILES string of the molecule is CCCCCCCCC(O)CCCCN1C=NCC1. The average molecular weight is 268 g/mol. The average Bonchev–Trinajstić information content (AvgIpc) is 2.92. The number of hydrogen-bond acceptors (Lipinski definition) is 3. The number of rotatable bonds is 12. The highest BCUT2D eigenvalue weighted by atomic mass is 16.3. The van der Waals surface area contributed by atoms with Gasteiger partial charge in [-0.1, -0.05) is 45.4 Å². The van der Waals surface area contributed by atoms with Crippen LogP contribution in [0.25, 0.3) is 0 Å². The zero-order valence-corrected chi connectivity index (χ0v) is 12.7. The van der Waals surface area contributed by atoms with Gasteiger partial charge in [0.25, 0.3) is 0 Å². The van der Waals surface area contributed by atoms with Crippen LogP contribution in [0.1, 0.15) is 71.1 Å². The van der Waals surface area contributed by atoms with Crippen LogP contribution in [0.4, 0.5) is 0 Å². The van der Waals surface area contributed by atoms with E-state index in [1.807, 2.05) is 6.34 Å². The summed E-state index contributed by atoms with van der Waals surface area (Å²) in [4.78, 5) is 6.48. The Labute approximate surface area is 119 Å². The number of aliphatic hydroxyl groups is 1. The quantitative estimate of drug-likeness (QED) is 0.549. The van der Waals surface area contributed by atoms with E-state index in [-0.39, 0.29) is 6.10 Å². The molecule has 1 aliphatic rings. The van der Waals surface area contributed by atoms with Gasteiger partial charge in [0.05, 0.1) is 19.0 Å². The predicted octanol–water partition coefficient (Wildman–Crippen LogP) is 3.61. The summed E-state index contributed by atoms with van der Waals surface area (Å²) in [6.45, 7) is 5.39. The molecule has 0 aromatic heterocycles. The molecule has 3 heteroatoms. The summed E-state index contributed by atoms with van der Waals surface area (Å²) >= 11 is 0. The monoisotopic (exact) mass is 268 g/mol. The van der Waals surface area contributed by atoms with Gasteiger partial charge in [-0.15, -0.1) is 0 Å². The molecule has 0 amide bonds. The summed E-state index contributed by atoms with van der Waals surface area (Å²) in [7, 11) is 0. The Morgan fingerprint density at radius 1 is 1.05 bits per heavy atom. The molecule has 1 aliphatic heterocycles. The summed E-state index contributed by atoms with van der Waals surface area (Å²) in [6, 6.07) is 0. The molecule has 0 aliphatic carbocycles. The molecule has 1 unspecified atom stereocenters. The van der Waals surface area contributed by atoms with Gasteiger partial charge in [0.2, 0.25) is 0 Å². The second-order valence-corrected chi connectivity index (χ2v) is 5.76. The van der Waals surface area contributed by atoms with Crippen molar-refractivity contribution >= 4 is 6.34 Å². The van der Waals surface area contributed by atoms with E-state index in [0.29, 0.717) is 0 Å². The number of aliphatic hydroxyl groups excluding tert-OH is 1. The maximum Gasteiger partial charge on any atom is 0.0851 e. The van der Waals surface area contributed by atoms with Crippen LogP contribution in [0.2, 0.25) is 0 Å². The van der Waals surface area contributed by atoms with Crippen molar-refractivity contribution in [1.82, 2.24) is 4.90 Å². The Kier molecular flexibility index (Phi) is 9.78. The van der Waals surface area contributed by atoms with Crippen LogP contribution in [0.15, 0.2) is 4.99 Å². The Hall–Kier alpha value is -0.570. The first-order chi connectivity index (χ1) is 9.33. The van der Waals surface area contributed by atoms with Gasteiger partial charge < -0.3 is 10.0 Å². The fourth-order valence-corrected chi connectivity index (χ4v) is 2.59. The second-order valence-electron chi connectivity index (χ2n) is 5.76. The normalized spacial score (nSPS) is 16.2. The third-order valence-electron chi connectivity index (χ3n) is 3.88. The number of nitrogens with zero attached hydrogens (tertiary/aromatic N) is 2. The molecule has 0 fully saturated rings. The molecule has 0 aromatic rings. The van der Waals surface area contributed by atoms with Gasteiger partial charge in [0.1, 0.15) is 0 Å². The molecule has 1 rings (SSSR count). The molecule has 19 heavy (non-hydrogen) atoms. The van der Waals surface area contributed by atoms with Gasteiger partial charge in [-0.05, 0) is 25.7 Å². The first-order valence-electron chi connectivity index (χ1n) is 8.25. The van der Waals surface area contributed by atoms with Crippen LogP contribution in [-0.2, 0) is 0 Å². The molecule has 0 spiro atoms. The Morgan fingerprint density at radius 2 is 1.74 bits per heavy atom. The third-order valence-corrected chi connectivity index (χ3v) is 3.88. The second kappa shape index (κ2) is 11.3. The van der Waals surface area contributed by atoms with Crippen molar-refractivity contribution in [2.75, 3.05) is 19.6 Å². The molecular formula is C16H32N2O. The van der Waals surface area contributed by atoms with Gasteiger partial charge >= 0.3 is 0 Å². The highest BCUT2D eigenvalue weighted by Crippen LogP contribution is 2.12. The van der Waals surface area contributed by atoms with Gasteiger partial charge in [-0.25, -0.2) is 0 Å². The predicted molar refractivity (Wildman–Crippen MR) is 82.8 cm³/mol. The molecule has 0 bridgehead atoms. The molecule has 1 heterocycles. The van der Waals surface area contributed by atoms with Crippen molar-refractivity contribution in [3.8, 4) is 0 Å². The van der Waals surface area contributed by atoms with E-state index in [9.17, 15) is 5.11 Å². The van der Waals surface area contributed by atoms with E-state index < -0.39 is 0 Å². The highest BCUT2D eigenvalue weighted by molar-refractivity contribution is 5.56. The molecule has 1 atom stereocenters. The van der Waals surface area contributed by atoms with Crippen molar-refractivity contribution in [3.63, 3.8) is 0 Å². The van der Waals surface area contributed by atoms with E-state index >= 15 is 0 Å². The lowest BCUT2D eigenvalue weighted by Gasteiger charge is -2.14. The lowest BCUT2D eigenvalue weighted by molar-refractivity contribution is 0.146. The van der Waals surface area contributed by atoms with Crippen LogP contribution in [0, 0.1) is 0 Å². The standard InChI is InChI=1S/C16H32N2O/c1-2-3-4-5-6-7-10-16(19)11-8-9-13-18-14-12-17-15-18/h15-16,19H,2-14H2,1H3. The summed E-state index contributed by atoms with van der Waals surface area (Å²) < 4.78 is 0. The van der Waals surface area contributed by atoms with E-state index in [4.69, 9.17) is 0 Å². The van der Waals surface area contributed by atoms with Gasteiger partial charge in [0, 0.05) is 13.1 Å². The van der Waals surface area contributed by atoms with Crippen molar-refractivity contribution in [2.45, 2.75) is 77.2 Å². The molecule has 3 nitrogen and oxygen atoms in total. The topological polar surface area (TPSA) is 35.8 Å². The van der Waals surface area contributed by atoms with E-state index in [1.54, 1.807) is 0 Å². The third kappa shape index (κ3) is 9.04.